The smallest absolute Gasteiger partial charge is 0.416 e. The van der Waals surface area contributed by atoms with Crippen LogP contribution in [0.5, 0.6) is 11.5 Å². The first-order valence-corrected chi connectivity index (χ1v) is 11.8. The van der Waals surface area contributed by atoms with E-state index in [1.165, 1.54) is 24.6 Å². The molecule has 2 aromatic rings. The molecular weight excluding hydrogens is 461 g/mol. The van der Waals surface area contributed by atoms with E-state index >= 15 is 0 Å². The molecule has 0 aliphatic carbocycles. The number of ether oxygens (including phenoxy) is 2. The molecule has 0 bridgehead atoms. The van der Waals surface area contributed by atoms with Gasteiger partial charge in [-0.25, -0.2) is 8.42 Å². The third kappa shape index (κ3) is 5.97. The van der Waals surface area contributed by atoms with Gasteiger partial charge in [0, 0.05) is 25.2 Å². The molecule has 0 atom stereocenters. The number of halogens is 3. The maximum atomic E-state index is 12.8. The Morgan fingerprint density at radius 3 is 2.39 bits per heavy atom. The average Bonchev–Trinajstić information content (AvgIpc) is 2.79. The lowest BCUT2D eigenvalue weighted by Gasteiger charge is -2.29. The molecule has 11 heteroatoms. The van der Waals surface area contributed by atoms with Crippen LogP contribution in [0.15, 0.2) is 36.4 Å². The molecule has 2 aromatic carbocycles. The van der Waals surface area contributed by atoms with Crippen molar-refractivity contribution in [3.8, 4) is 11.5 Å². The first-order chi connectivity index (χ1) is 15.5. The van der Waals surface area contributed by atoms with E-state index in [1.807, 2.05) is 6.07 Å². The predicted octanol–water partition coefficient (Wildman–Crippen LogP) is 3.23. The first-order valence-electron chi connectivity index (χ1n) is 10.2. The Labute approximate surface area is 190 Å². The van der Waals surface area contributed by atoms with Gasteiger partial charge in [-0.15, -0.1) is 0 Å². The van der Waals surface area contributed by atoms with Crippen molar-refractivity contribution in [3.05, 3.63) is 58.7 Å². The normalized spacial score (nSPS) is 14.5. The Kier molecular flexibility index (Phi) is 7.53. The number of rotatable bonds is 8. The zero-order valence-corrected chi connectivity index (χ0v) is 19.1. The third-order valence-electron chi connectivity index (χ3n) is 5.39. The highest BCUT2D eigenvalue weighted by Crippen LogP contribution is 2.34. The molecule has 1 aliphatic rings. The van der Waals surface area contributed by atoms with Crippen molar-refractivity contribution in [2.24, 2.45) is 0 Å². The Morgan fingerprint density at radius 1 is 1.09 bits per heavy atom. The van der Waals surface area contributed by atoms with E-state index in [0.717, 1.165) is 29.3 Å². The second-order valence-corrected chi connectivity index (χ2v) is 9.65. The van der Waals surface area contributed by atoms with Gasteiger partial charge in [-0.1, -0.05) is 6.07 Å². The van der Waals surface area contributed by atoms with Crippen LogP contribution in [0.3, 0.4) is 0 Å². The Hall–Kier alpha value is -2.79. The SMILES string of the molecule is COc1cc2c(cc1OC)CN(S(=O)(=O)CCCNC(=O)c1cccc(C(F)(F)F)c1)CC2. The monoisotopic (exact) mass is 486 g/mol. The number of carbonyl (C=O) groups is 1. The van der Waals surface area contributed by atoms with Crippen LogP contribution >= 0.6 is 0 Å². The lowest BCUT2D eigenvalue weighted by molar-refractivity contribution is -0.137. The van der Waals surface area contributed by atoms with Crippen molar-refractivity contribution in [1.29, 1.82) is 0 Å². The predicted molar refractivity (Wildman–Crippen MR) is 116 cm³/mol. The number of hydrogen-bond acceptors (Lipinski definition) is 5. The van der Waals surface area contributed by atoms with Crippen LogP contribution in [0.25, 0.3) is 0 Å². The second-order valence-electron chi connectivity index (χ2n) is 7.56. The van der Waals surface area contributed by atoms with Crippen LogP contribution in [0.2, 0.25) is 0 Å². The molecule has 33 heavy (non-hydrogen) atoms. The minimum atomic E-state index is -4.55. The van der Waals surface area contributed by atoms with E-state index in [4.69, 9.17) is 9.47 Å². The quantitative estimate of drug-likeness (QED) is 0.580. The number of benzene rings is 2. The van der Waals surface area contributed by atoms with Crippen molar-refractivity contribution < 1.29 is 35.9 Å². The van der Waals surface area contributed by atoms with Crippen molar-refractivity contribution >= 4 is 15.9 Å². The molecule has 180 valence electrons. The lowest BCUT2D eigenvalue weighted by atomic mass is 10.0. The molecule has 0 radical (unpaired) electrons. The van der Waals surface area contributed by atoms with Crippen LogP contribution in [0.1, 0.15) is 33.5 Å². The molecule has 1 heterocycles. The fraction of sp³-hybridized carbons (Fsp3) is 0.409. The molecule has 0 saturated heterocycles. The maximum absolute atomic E-state index is 12.8. The number of amides is 1. The van der Waals surface area contributed by atoms with Gasteiger partial charge in [0.1, 0.15) is 0 Å². The summed E-state index contributed by atoms with van der Waals surface area (Å²) >= 11 is 0. The number of nitrogens with one attached hydrogen (secondary N) is 1. The molecule has 7 nitrogen and oxygen atoms in total. The van der Waals surface area contributed by atoms with Gasteiger partial charge in [0.05, 0.1) is 25.5 Å². The summed E-state index contributed by atoms with van der Waals surface area (Å²) in [5.74, 6) is 0.224. The van der Waals surface area contributed by atoms with E-state index in [2.05, 4.69) is 5.32 Å². The number of nitrogens with zero attached hydrogens (tertiary/aromatic N) is 1. The fourth-order valence-corrected chi connectivity index (χ4v) is 5.09. The molecule has 0 saturated carbocycles. The van der Waals surface area contributed by atoms with Gasteiger partial charge in [0.25, 0.3) is 5.91 Å². The van der Waals surface area contributed by atoms with Crippen molar-refractivity contribution in [3.63, 3.8) is 0 Å². The topological polar surface area (TPSA) is 84.9 Å². The van der Waals surface area contributed by atoms with E-state index in [9.17, 15) is 26.4 Å². The molecule has 1 aliphatic heterocycles. The molecule has 1 N–H and O–H groups in total. The average molecular weight is 487 g/mol. The van der Waals surface area contributed by atoms with Gasteiger partial charge in [0.2, 0.25) is 10.0 Å². The summed E-state index contributed by atoms with van der Waals surface area (Å²) in [6, 6.07) is 7.69. The molecular formula is C22H25F3N2O5S. The van der Waals surface area contributed by atoms with Gasteiger partial charge < -0.3 is 14.8 Å². The molecule has 0 spiro atoms. The Bertz CT molecular complexity index is 1120. The standard InChI is InChI=1S/C22H25F3N2O5S/c1-31-19-12-15-7-9-27(14-17(15)13-20(19)32-2)33(29,30)10-4-8-26-21(28)16-5-3-6-18(11-16)22(23,24)25/h3,5-6,11-13H,4,7-10,14H2,1-2H3,(H,26,28). The maximum Gasteiger partial charge on any atom is 0.416 e. The number of hydrogen-bond donors (Lipinski definition) is 1. The minimum Gasteiger partial charge on any atom is -0.493 e. The van der Waals surface area contributed by atoms with Gasteiger partial charge in [0.15, 0.2) is 11.5 Å². The Morgan fingerprint density at radius 2 is 1.76 bits per heavy atom. The highest BCUT2D eigenvalue weighted by atomic mass is 32.2. The van der Waals surface area contributed by atoms with E-state index < -0.39 is 27.7 Å². The summed E-state index contributed by atoms with van der Waals surface area (Å²) in [6.45, 7) is 0.541. The number of alkyl halides is 3. The van der Waals surface area contributed by atoms with Crippen LogP contribution in [-0.4, -0.2) is 51.7 Å². The van der Waals surface area contributed by atoms with E-state index in [-0.39, 0.29) is 30.8 Å². The van der Waals surface area contributed by atoms with Crippen LogP contribution in [0, 0.1) is 0 Å². The van der Waals surface area contributed by atoms with Crippen molar-refractivity contribution in [2.45, 2.75) is 25.6 Å². The first kappa shape index (κ1) is 24.8. The number of fused-ring (bicyclic) bond motifs is 1. The zero-order valence-electron chi connectivity index (χ0n) is 18.2. The van der Waals surface area contributed by atoms with E-state index in [0.29, 0.717) is 24.5 Å². The van der Waals surface area contributed by atoms with Crippen molar-refractivity contribution in [1.82, 2.24) is 9.62 Å². The van der Waals surface area contributed by atoms with E-state index in [1.54, 1.807) is 6.07 Å². The third-order valence-corrected chi connectivity index (χ3v) is 7.30. The number of sulfonamides is 1. The second kappa shape index (κ2) is 10.0. The van der Waals surface area contributed by atoms with Crippen LogP contribution in [0.4, 0.5) is 13.2 Å². The molecule has 0 unspecified atom stereocenters. The van der Waals surface area contributed by atoms with Gasteiger partial charge >= 0.3 is 6.18 Å². The van der Waals surface area contributed by atoms with Gasteiger partial charge in [-0.3, -0.25) is 4.79 Å². The van der Waals surface area contributed by atoms with Gasteiger partial charge in [-0.05, 0) is 54.3 Å². The summed E-state index contributed by atoms with van der Waals surface area (Å²) in [5, 5.41) is 2.48. The molecule has 0 fully saturated rings. The highest BCUT2D eigenvalue weighted by Gasteiger charge is 2.31. The zero-order chi connectivity index (χ0) is 24.2. The molecule has 3 rings (SSSR count). The fourth-order valence-electron chi connectivity index (χ4n) is 3.62. The highest BCUT2D eigenvalue weighted by molar-refractivity contribution is 7.89. The summed E-state index contributed by atoms with van der Waals surface area (Å²) in [6.07, 6.45) is -3.89. The van der Waals surface area contributed by atoms with Gasteiger partial charge in [-0.2, -0.15) is 17.5 Å². The summed E-state index contributed by atoms with van der Waals surface area (Å²) in [5.41, 5.74) is 0.773. The molecule has 0 aromatic heterocycles. The molecule has 1 amide bonds. The number of carbonyl (C=O) groups excluding carboxylic acids is 1. The van der Waals surface area contributed by atoms with Crippen molar-refractivity contribution in [2.75, 3.05) is 33.1 Å². The minimum absolute atomic E-state index is 0.0176. The van der Waals surface area contributed by atoms with Crippen LogP contribution < -0.4 is 14.8 Å². The summed E-state index contributed by atoms with van der Waals surface area (Å²) in [7, 11) is -0.542. The van der Waals surface area contributed by atoms with Crippen LogP contribution in [-0.2, 0) is 29.2 Å². The summed E-state index contributed by atoms with van der Waals surface area (Å²) in [4.78, 5) is 12.1. The Balaban J connectivity index is 1.55. The summed E-state index contributed by atoms with van der Waals surface area (Å²) < 4.78 is 75.9. The largest absolute Gasteiger partial charge is 0.493 e. The lowest BCUT2D eigenvalue weighted by Crippen LogP contribution is -2.38. The number of methoxy groups -OCH3 is 2.